The van der Waals surface area contributed by atoms with Crippen LogP contribution in [0.5, 0.6) is 11.5 Å². The maximum Gasteiger partial charge on any atom is 0.231 e. The fraction of sp³-hybridized carbons (Fsp3) is 0.280. The molecule has 0 unspecified atom stereocenters. The number of rotatable bonds is 5. The molecule has 148 valence electrons. The fourth-order valence-corrected chi connectivity index (χ4v) is 4.63. The molecule has 0 saturated carbocycles. The summed E-state index contributed by atoms with van der Waals surface area (Å²) >= 11 is 0. The fourth-order valence-electron chi connectivity index (χ4n) is 4.63. The molecule has 0 bridgehead atoms. The van der Waals surface area contributed by atoms with Gasteiger partial charge in [0, 0.05) is 12.6 Å². The minimum Gasteiger partial charge on any atom is -0.454 e. The second kappa shape index (κ2) is 7.90. The van der Waals surface area contributed by atoms with Crippen molar-refractivity contribution < 1.29 is 14.6 Å². The van der Waals surface area contributed by atoms with Crippen LogP contribution < -0.4 is 9.47 Å². The van der Waals surface area contributed by atoms with Gasteiger partial charge in [0.1, 0.15) is 0 Å². The summed E-state index contributed by atoms with van der Waals surface area (Å²) < 4.78 is 11.3. The SMILES string of the molecule is OC[C@@H](c1ccccc1)N1CCc2cc3c(cc2[C@@H]1Cc1ccccc1)OCO3. The zero-order valence-corrected chi connectivity index (χ0v) is 16.3. The second-order valence-electron chi connectivity index (χ2n) is 7.71. The van der Waals surface area contributed by atoms with E-state index in [1.807, 2.05) is 18.2 Å². The molecule has 0 aromatic heterocycles. The monoisotopic (exact) mass is 387 g/mol. The van der Waals surface area contributed by atoms with E-state index in [9.17, 15) is 5.11 Å². The minimum absolute atomic E-state index is 0.0384. The van der Waals surface area contributed by atoms with Gasteiger partial charge in [-0.2, -0.15) is 0 Å². The van der Waals surface area contributed by atoms with Gasteiger partial charge in [-0.1, -0.05) is 60.7 Å². The van der Waals surface area contributed by atoms with Crippen molar-refractivity contribution in [1.82, 2.24) is 4.90 Å². The molecule has 0 aliphatic carbocycles. The van der Waals surface area contributed by atoms with Crippen LogP contribution in [0, 0.1) is 0 Å². The smallest absolute Gasteiger partial charge is 0.231 e. The highest BCUT2D eigenvalue weighted by Crippen LogP contribution is 2.43. The molecule has 5 rings (SSSR count). The predicted octanol–water partition coefficient (Wildman–Crippen LogP) is 4.29. The van der Waals surface area contributed by atoms with E-state index in [0.717, 1.165) is 36.4 Å². The van der Waals surface area contributed by atoms with Crippen molar-refractivity contribution in [2.45, 2.75) is 24.9 Å². The van der Waals surface area contributed by atoms with Crippen LogP contribution in [0.15, 0.2) is 72.8 Å². The largest absolute Gasteiger partial charge is 0.454 e. The minimum atomic E-state index is -0.0384. The number of hydrogen-bond donors (Lipinski definition) is 1. The van der Waals surface area contributed by atoms with Crippen molar-refractivity contribution in [1.29, 1.82) is 0 Å². The summed E-state index contributed by atoms with van der Waals surface area (Å²) in [6.07, 6.45) is 1.82. The molecule has 0 spiro atoms. The number of benzene rings is 3. The molecule has 4 nitrogen and oxygen atoms in total. The molecule has 3 aromatic rings. The van der Waals surface area contributed by atoms with E-state index in [2.05, 4.69) is 59.5 Å². The summed E-state index contributed by atoms with van der Waals surface area (Å²) in [6.45, 7) is 1.27. The zero-order valence-electron chi connectivity index (χ0n) is 16.3. The lowest BCUT2D eigenvalue weighted by Crippen LogP contribution is -2.40. The van der Waals surface area contributed by atoms with Crippen molar-refractivity contribution in [3.8, 4) is 11.5 Å². The maximum absolute atomic E-state index is 10.3. The zero-order chi connectivity index (χ0) is 19.6. The molecular formula is C25H25NO3. The van der Waals surface area contributed by atoms with Gasteiger partial charge in [0.05, 0.1) is 12.6 Å². The molecule has 4 heteroatoms. The number of fused-ring (bicyclic) bond motifs is 2. The molecule has 1 N–H and O–H groups in total. The van der Waals surface area contributed by atoms with E-state index in [-0.39, 0.29) is 25.5 Å². The van der Waals surface area contributed by atoms with Crippen LogP contribution in [0.3, 0.4) is 0 Å². The van der Waals surface area contributed by atoms with Gasteiger partial charge in [-0.3, -0.25) is 4.90 Å². The van der Waals surface area contributed by atoms with E-state index in [4.69, 9.17) is 9.47 Å². The molecule has 2 aliphatic heterocycles. The lowest BCUT2D eigenvalue weighted by molar-refractivity contribution is 0.0743. The van der Waals surface area contributed by atoms with Gasteiger partial charge < -0.3 is 14.6 Å². The molecular weight excluding hydrogens is 362 g/mol. The third kappa shape index (κ3) is 3.50. The third-order valence-electron chi connectivity index (χ3n) is 6.06. The summed E-state index contributed by atoms with van der Waals surface area (Å²) in [5, 5.41) is 10.3. The van der Waals surface area contributed by atoms with Gasteiger partial charge in [0.15, 0.2) is 11.5 Å². The summed E-state index contributed by atoms with van der Waals surface area (Å²) in [7, 11) is 0. The summed E-state index contributed by atoms with van der Waals surface area (Å²) in [5.41, 5.74) is 5.03. The van der Waals surface area contributed by atoms with Gasteiger partial charge >= 0.3 is 0 Å². The first-order valence-corrected chi connectivity index (χ1v) is 10.2. The van der Waals surface area contributed by atoms with E-state index in [1.54, 1.807) is 0 Å². The van der Waals surface area contributed by atoms with Gasteiger partial charge in [0.25, 0.3) is 0 Å². The second-order valence-corrected chi connectivity index (χ2v) is 7.71. The first kappa shape index (κ1) is 18.2. The van der Waals surface area contributed by atoms with Crippen LogP contribution >= 0.6 is 0 Å². The number of aliphatic hydroxyl groups excluding tert-OH is 1. The molecule has 2 heterocycles. The Morgan fingerprint density at radius 1 is 0.931 bits per heavy atom. The van der Waals surface area contributed by atoms with E-state index in [1.165, 1.54) is 16.7 Å². The molecule has 0 amide bonds. The molecule has 0 radical (unpaired) electrons. The number of hydrogen-bond acceptors (Lipinski definition) is 4. The van der Waals surface area contributed by atoms with Crippen LogP contribution in [0.2, 0.25) is 0 Å². The molecule has 29 heavy (non-hydrogen) atoms. The summed E-state index contributed by atoms with van der Waals surface area (Å²) in [4.78, 5) is 2.45. The normalized spacial score (nSPS) is 19.0. The van der Waals surface area contributed by atoms with Crippen LogP contribution in [0.4, 0.5) is 0 Å². The summed E-state index contributed by atoms with van der Waals surface area (Å²) in [6, 6.07) is 25.3. The molecule has 2 atom stereocenters. The highest BCUT2D eigenvalue weighted by atomic mass is 16.7. The van der Waals surface area contributed by atoms with Crippen molar-refractivity contribution in [2.75, 3.05) is 19.9 Å². The van der Waals surface area contributed by atoms with Crippen LogP contribution in [-0.2, 0) is 12.8 Å². The van der Waals surface area contributed by atoms with Crippen LogP contribution in [-0.4, -0.2) is 30.0 Å². The highest BCUT2D eigenvalue weighted by Gasteiger charge is 2.34. The maximum atomic E-state index is 10.3. The number of aliphatic hydroxyl groups is 1. The Morgan fingerprint density at radius 3 is 2.34 bits per heavy atom. The number of ether oxygens (including phenoxy) is 2. The van der Waals surface area contributed by atoms with Crippen LogP contribution in [0.25, 0.3) is 0 Å². The average molecular weight is 387 g/mol. The first-order chi connectivity index (χ1) is 14.3. The lowest BCUT2D eigenvalue weighted by atomic mass is 9.86. The molecule has 3 aromatic carbocycles. The van der Waals surface area contributed by atoms with Gasteiger partial charge in [-0.15, -0.1) is 0 Å². The van der Waals surface area contributed by atoms with E-state index >= 15 is 0 Å². The van der Waals surface area contributed by atoms with E-state index in [0.29, 0.717) is 0 Å². The Labute approximate surface area is 171 Å². The standard InChI is InChI=1S/C25H25NO3/c27-16-23(19-9-5-2-6-10-19)26-12-11-20-14-24-25(29-17-28-24)15-21(20)22(26)13-18-7-3-1-4-8-18/h1-10,14-15,22-23,27H,11-13,16-17H2/t22-,23-/m0/s1. The van der Waals surface area contributed by atoms with Gasteiger partial charge in [0.2, 0.25) is 6.79 Å². The first-order valence-electron chi connectivity index (χ1n) is 10.2. The van der Waals surface area contributed by atoms with Crippen LogP contribution in [0.1, 0.15) is 34.3 Å². The molecule has 2 aliphatic rings. The van der Waals surface area contributed by atoms with Crippen molar-refractivity contribution >= 4 is 0 Å². The van der Waals surface area contributed by atoms with Gasteiger partial charge in [-0.25, -0.2) is 0 Å². The lowest BCUT2D eigenvalue weighted by Gasteiger charge is -2.42. The Hall–Kier alpha value is -2.82. The van der Waals surface area contributed by atoms with Gasteiger partial charge in [-0.05, 0) is 47.2 Å². The Bertz CT molecular complexity index is 974. The quantitative estimate of drug-likeness (QED) is 0.709. The van der Waals surface area contributed by atoms with Crippen molar-refractivity contribution in [3.05, 3.63) is 95.1 Å². The topological polar surface area (TPSA) is 41.9 Å². The Morgan fingerprint density at radius 2 is 1.62 bits per heavy atom. The Balaban J connectivity index is 1.57. The summed E-state index contributed by atoms with van der Waals surface area (Å²) in [5.74, 6) is 1.67. The average Bonchev–Trinajstić information content (AvgIpc) is 3.23. The highest BCUT2D eigenvalue weighted by molar-refractivity contribution is 5.51. The number of nitrogens with zero attached hydrogens (tertiary/aromatic N) is 1. The molecule has 0 fully saturated rings. The van der Waals surface area contributed by atoms with E-state index < -0.39 is 0 Å². The third-order valence-corrected chi connectivity index (χ3v) is 6.06. The Kier molecular flexibility index (Phi) is 4.96. The van der Waals surface area contributed by atoms with Crippen molar-refractivity contribution in [3.63, 3.8) is 0 Å². The predicted molar refractivity (Wildman–Crippen MR) is 112 cm³/mol. The van der Waals surface area contributed by atoms with Crippen molar-refractivity contribution in [2.24, 2.45) is 0 Å². The molecule has 0 saturated heterocycles.